The third-order valence-electron chi connectivity index (χ3n) is 2.74. The fourth-order valence-corrected chi connectivity index (χ4v) is 2.85. The molecule has 0 heterocycles. The summed E-state index contributed by atoms with van der Waals surface area (Å²) in [6.07, 6.45) is 2.82. The van der Waals surface area contributed by atoms with E-state index in [4.69, 9.17) is 0 Å². The Morgan fingerprint density at radius 1 is 1.33 bits per heavy atom. The minimum Gasteiger partial charge on any atom is -0.325 e. The zero-order valence-corrected chi connectivity index (χ0v) is 11.0. The van der Waals surface area contributed by atoms with Crippen LogP contribution < -0.4 is 5.32 Å². The van der Waals surface area contributed by atoms with Gasteiger partial charge in [0.25, 0.3) is 0 Å². The number of carbonyl (C=O) groups excluding carboxylic acids is 1. The average molecular weight is 268 g/mol. The second-order valence-electron chi connectivity index (χ2n) is 4.45. The highest BCUT2D eigenvalue weighted by Gasteiger charge is 2.36. The van der Waals surface area contributed by atoms with Crippen molar-refractivity contribution in [3.63, 3.8) is 0 Å². The van der Waals surface area contributed by atoms with E-state index in [1.165, 1.54) is 4.31 Å². The van der Waals surface area contributed by atoms with Crippen LogP contribution in [0.25, 0.3) is 0 Å². The summed E-state index contributed by atoms with van der Waals surface area (Å²) in [6, 6.07) is 9.00. The van der Waals surface area contributed by atoms with Crippen molar-refractivity contribution in [3.05, 3.63) is 30.3 Å². The van der Waals surface area contributed by atoms with Gasteiger partial charge in [0, 0.05) is 11.7 Å². The van der Waals surface area contributed by atoms with E-state index < -0.39 is 10.0 Å². The molecule has 1 aromatic carbocycles. The minimum absolute atomic E-state index is 0.00141. The Hall–Kier alpha value is -1.40. The minimum atomic E-state index is -3.32. The molecule has 1 amide bonds. The van der Waals surface area contributed by atoms with Gasteiger partial charge in [0.05, 0.1) is 12.8 Å². The highest BCUT2D eigenvalue weighted by Crippen LogP contribution is 2.28. The molecule has 0 unspecified atom stereocenters. The molecule has 0 atom stereocenters. The Bertz CT molecular complexity index is 524. The maximum absolute atomic E-state index is 11.8. The van der Waals surface area contributed by atoms with Gasteiger partial charge in [0.1, 0.15) is 0 Å². The number of amides is 1. The summed E-state index contributed by atoms with van der Waals surface area (Å²) in [6.45, 7) is -0.113. The summed E-state index contributed by atoms with van der Waals surface area (Å²) in [5.41, 5.74) is 0.673. The van der Waals surface area contributed by atoms with E-state index in [1.807, 2.05) is 18.2 Å². The largest absolute Gasteiger partial charge is 0.325 e. The Morgan fingerprint density at radius 2 is 1.94 bits per heavy atom. The van der Waals surface area contributed by atoms with E-state index in [9.17, 15) is 13.2 Å². The van der Waals surface area contributed by atoms with Crippen molar-refractivity contribution in [2.75, 3.05) is 18.1 Å². The second kappa shape index (κ2) is 5.07. The van der Waals surface area contributed by atoms with Gasteiger partial charge in [-0.05, 0) is 25.0 Å². The number of rotatable bonds is 5. The third kappa shape index (κ3) is 3.54. The molecule has 0 spiro atoms. The summed E-state index contributed by atoms with van der Waals surface area (Å²) in [4.78, 5) is 11.8. The Balaban J connectivity index is 1.98. The predicted octanol–water partition coefficient (Wildman–Crippen LogP) is 1.05. The van der Waals surface area contributed by atoms with Crippen molar-refractivity contribution in [1.29, 1.82) is 0 Å². The predicted molar refractivity (Wildman–Crippen MR) is 69.6 cm³/mol. The smallest absolute Gasteiger partial charge is 0.239 e. The maximum atomic E-state index is 11.8. The molecular formula is C12H16N2O3S. The number of anilines is 1. The number of hydrogen-bond donors (Lipinski definition) is 1. The van der Waals surface area contributed by atoms with E-state index >= 15 is 0 Å². The first-order valence-corrected chi connectivity index (χ1v) is 7.63. The van der Waals surface area contributed by atoms with Gasteiger partial charge in [0.15, 0.2) is 0 Å². The molecule has 98 valence electrons. The van der Waals surface area contributed by atoms with E-state index in [1.54, 1.807) is 12.1 Å². The molecule has 6 heteroatoms. The lowest BCUT2D eigenvalue weighted by atomic mass is 10.3. The van der Waals surface area contributed by atoms with Crippen LogP contribution in [0, 0.1) is 0 Å². The van der Waals surface area contributed by atoms with Gasteiger partial charge >= 0.3 is 0 Å². The summed E-state index contributed by atoms with van der Waals surface area (Å²) in [7, 11) is -3.32. The van der Waals surface area contributed by atoms with Crippen LogP contribution >= 0.6 is 0 Å². The van der Waals surface area contributed by atoms with Gasteiger partial charge in [-0.1, -0.05) is 18.2 Å². The zero-order valence-electron chi connectivity index (χ0n) is 10.2. The molecule has 0 saturated heterocycles. The van der Waals surface area contributed by atoms with Crippen LogP contribution in [0.3, 0.4) is 0 Å². The van der Waals surface area contributed by atoms with Crippen LogP contribution in [0.5, 0.6) is 0 Å². The normalized spacial score (nSPS) is 15.7. The van der Waals surface area contributed by atoms with Gasteiger partial charge in [-0.2, -0.15) is 4.31 Å². The molecule has 0 aliphatic heterocycles. The Labute approximate surface area is 107 Å². The molecule has 1 fully saturated rings. The highest BCUT2D eigenvalue weighted by molar-refractivity contribution is 7.88. The van der Waals surface area contributed by atoms with Gasteiger partial charge < -0.3 is 5.32 Å². The number of benzene rings is 1. The number of para-hydroxylation sites is 1. The highest BCUT2D eigenvalue weighted by atomic mass is 32.2. The monoisotopic (exact) mass is 268 g/mol. The third-order valence-corrected chi connectivity index (χ3v) is 4.02. The van der Waals surface area contributed by atoms with Crippen molar-refractivity contribution < 1.29 is 13.2 Å². The lowest BCUT2D eigenvalue weighted by Gasteiger charge is -2.18. The fourth-order valence-electron chi connectivity index (χ4n) is 1.74. The van der Waals surface area contributed by atoms with Crippen molar-refractivity contribution in [3.8, 4) is 0 Å². The summed E-state index contributed by atoms with van der Waals surface area (Å²) in [5, 5.41) is 2.68. The molecule has 0 radical (unpaired) electrons. The lowest BCUT2D eigenvalue weighted by Crippen LogP contribution is -2.38. The number of carbonyl (C=O) groups is 1. The molecule has 1 aliphatic carbocycles. The SMILES string of the molecule is CS(=O)(=O)N(CC(=O)Nc1ccccc1)C1CC1. The molecule has 0 bridgehead atoms. The molecule has 1 saturated carbocycles. The van der Waals surface area contributed by atoms with Crippen LogP contribution in [-0.4, -0.2) is 37.5 Å². The Morgan fingerprint density at radius 3 is 2.44 bits per heavy atom. The quantitative estimate of drug-likeness (QED) is 0.868. The zero-order chi connectivity index (χ0) is 13.2. The van der Waals surface area contributed by atoms with Crippen molar-refractivity contribution in [2.45, 2.75) is 18.9 Å². The molecule has 1 aromatic rings. The summed E-state index contributed by atoms with van der Waals surface area (Å²) >= 11 is 0. The van der Waals surface area contributed by atoms with Gasteiger partial charge in [-0.15, -0.1) is 0 Å². The molecule has 18 heavy (non-hydrogen) atoms. The molecule has 1 N–H and O–H groups in total. The number of nitrogens with zero attached hydrogens (tertiary/aromatic N) is 1. The van der Waals surface area contributed by atoms with Crippen molar-refractivity contribution in [2.24, 2.45) is 0 Å². The van der Waals surface area contributed by atoms with E-state index in [2.05, 4.69) is 5.32 Å². The Kier molecular flexibility index (Phi) is 3.68. The number of hydrogen-bond acceptors (Lipinski definition) is 3. The van der Waals surface area contributed by atoms with Crippen LogP contribution in [0.1, 0.15) is 12.8 Å². The van der Waals surface area contributed by atoms with Crippen molar-refractivity contribution in [1.82, 2.24) is 4.31 Å². The molecular weight excluding hydrogens is 252 g/mol. The first-order valence-electron chi connectivity index (χ1n) is 5.78. The molecule has 5 nitrogen and oxygen atoms in total. The molecule has 1 aliphatic rings. The topological polar surface area (TPSA) is 66.5 Å². The average Bonchev–Trinajstić information content (AvgIpc) is 3.09. The summed E-state index contributed by atoms with van der Waals surface area (Å²) in [5.74, 6) is -0.307. The fraction of sp³-hybridized carbons (Fsp3) is 0.417. The van der Waals surface area contributed by atoms with E-state index in [0.29, 0.717) is 5.69 Å². The van der Waals surface area contributed by atoms with Crippen LogP contribution in [-0.2, 0) is 14.8 Å². The first-order chi connectivity index (χ1) is 8.47. The number of sulfonamides is 1. The van der Waals surface area contributed by atoms with Crippen LogP contribution in [0.2, 0.25) is 0 Å². The lowest BCUT2D eigenvalue weighted by molar-refractivity contribution is -0.116. The summed E-state index contributed by atoms with van der Waals surface area (Å²) < 4.78 is 24.4. The van der Waals surface area contributed by atoms with Crippen LogP contribution in [0.4, 0.5) is 5.69 Å². The maximum Gasteiger partial charge on any atom is 0.239 e. The first kappa shape index (κ1) is 13.0. The van der Waals surface area contributed by atoms with E-state index in [-0.39, 0.29) is 18.5 Å². The van der Waals surface area contributed by atoms with Gasteiger partial charge in [-0.3, -0.25) is 4.79 Å². The molecule has 2 rings (SSSR count). The van der Waals surface area contributed by atoms with E-state index in [0.717, 1.165) is 19.1 Å². The second-order valence-corrected chi connectivity index (χ2v) is 6.39. The number of nitrogens with one attached hydrogen (secondary N) is 1. The van der Waals surface area contributed by atoms with Crippen molar-refractivity contribution >= 4 is 21.6 Å². The standard InChI is InChI=1S/C12H16N2O3S/c1-18(16,17)14(11-7-8-11)9-12(15)13-10-5-3-2-4-6-10/h2-6,11H,7-9H2,1H3,(H,13,15). The van der Waals surface area contributed by atoms with Crippen LogP contribution in [0.15, 0.2) is 30.3 Å². The van der Waals surface area contributed by atoms with Gasteiger partial charge in [-0.25, -0.2) is 8.42 Å². The van der Waals surface area contributed by atoms with Gasteiger partial charge in [0.2, 0.25) is 15.9 Å². The molecule has 0 aromatic heterocycles.